The summed E-state index contributed by atoms with van der Waals surface area (Å²) in [6.07, 6.45) is 2.55. The maximum absolute atomic E-state index is 5.74. The van der Waals surface area contributed by atoms with Crippen LogP contribution in [0.15, 0.2) is 30.3 Å². The molecule has 1 heterocycles. The second kappa shape index (κ2) is 6.76. The molecule has 0 radical (unpaired) electrons. The molecule has 0 aromatic heterocycles. The van der Waals surface area contributed by atoms with Gasteiger partial charge < -0.3 is 9.64 Å². The lowest BCUT2D eigenvalue weighted by molar-refractivity contribution is 0.127. The molecule has 0 amide bonds. The predicted molar refractivity (Wildman–Crippen MR) is 75.1 cm³/mol. The first-order valence-corrected chi connectivity index (χ1v) is 6.82. The van der Waals surface area contributed by atoms with Crippen LogP contribution in [0.1, 0.15) is 12.8 Å². The third kappa shape index (κ3) is 4.00. The normalized spacial score (nSPS) is 18.2. The molecule has 1 aromatic carbocycles. The zero-order valence-corrected chi connectivity index (χ0v) is 11.5. The van der Waals surface area contributed by atoms with Gasteiger partial charge in [-0.05, 0) is 52.2 Å². The van der Waals surface area contributed by atoms with Gasteiger partial charge in [0.2, 0.25) is 0 Å². The van der Waals surface area contributed by atoms with Crippen LogP contribution in [0, 0.1) is 0 Å². The van der Waals surface area contributed by atoms with Crippen molar-refractivity contribution in [3.05, 3.63) is 30.3 Å². The van der Waals surface area contributed by atoms with E-state index in [2.05, 4.69) is 23.9 Å². The number of hydrogen-bond donors (Lipinski definition) is 0. The lowest BCUT2D eigenvalue weighted by Gasteiger charge is -2.35. The summed E-state index contributed by atoms with van der Waals surface area (Å²) in [6, 6.07) is 10.8. The lowest BCUT2D eigenvalue weighted by Crippen LogP contribution is -2.43. The van der Waals surface area contributed by atoms with Gasteiger partial charge in [-0.2, -0.15) is 0 Å². The van der Waals surface area contributed by atoms with Crippen molar-refractivity contribution in [1.82, 2.24) is 9.80 Å². The molecule has 0 bridgehead atoms. The molecule has 0 N–H and O–H groups in total. The van der Waals surface area contributed by atoms with Gasteiger partial charge >= 0.3 is 0 Å². The Morgan fingerprint density at radius 1 is 1.22 bits per heavy atom. The molecule has 1 saturated heterocycles. The van der Waals surface area contributed by atoms with Gasteiger partial charge in [-0.1, -0.05) is 18.2 Å². The minimum Gasteiger partial charge on any atom is -0.492 e. The minimum absolute atomic E-state index is 0.723. The quantitative estimate of drug-likeness (QED) is 0.793. The summed E-state index contributed by atoms with van der Waals surface area (Å²) in [5.41, 5.74) is 0. The Morgan fingerprint density at radius 3 is 2.56 bits per heavy atom. The second-order valence-corrected chi connectivity index (χ2v) is 5.18. The van der Waals surface area contributed by atoms with Gasteiger partial charge in [0, 0.05) is 12.6 Å². The van der Waals surface area contributed by atoms with Crippen molar-refractivity contribution >= 4 is 0 Å². The topological polar surface area (TPSA) is 15.7 Å². The van der Waals surface area contributed by atoms with E-state index in [1.165, 1.54) is 25.9 Å². The van der Waals surface area contributed by atoms with E-state index in [9.17, 15) is 0 Å². The van der Waals surface area contributed by atoms with Crippen molar-refractivity contribution in [3.63, 3.8) is 0 Å². The molecule has 18 heavy (non-hydrogen) atoms. The number of likely N-dealkylation sites (tertiary alicyclic amines) is 1. The largest absolute Gasteiger partial charge is 0.492 e. The molecule has 2 rings (SSSR count). The number of benzene rings is 1. The Bertz CT molecular complexity index is 334. The van der Waals surface area contributed by atoms with Gasteiger partial charge in [0.05, 0.1) is 0 Å². The molecule has 0 unspecified atom stereocenters. The summed E-state index contributed by atoms with van der Waals surface area (Å²) in [4.78, 5) is 4.85. The molecular weight excluding hydrogens is 224 g/mol. The van der Waals surface area contributed by atoms with Crippen molar-refractivity contribution in [3.8, 4) is 5.75 Å². The number of likely N-dealkylation sites (N-methyl/N-ethyl adjacent to an activating group) is 1. The molecule has 0 spiro atoms. The van der Waals surface area contributed by atoms with E-state index in [4.69, 9.17) is 4.74 Å². The molecule has 0 aliphatic carbocycles. The van der Waals surface area contributed by atoms with Crippen LogP contribution in [0.4, 0.5) is 0 Å². The molecule has 0 atom stereocenters. The fourth-order valence-electron chi connectivity index (χ4n) is 2.44. The molecule has 3 nitrogen and oxygen atoms in total. The highest BCUT2D eigenvalue weighted by Gasteiger charge is 2.19. The van der Waals surface area contributed by atoms with Gasteiger partial charge in [0.1, 0.15) is 12.4 Å². The molecule has 1 aromatic rings. The number of ether oxygens (including phenoxy) is 1. The average Bonchev–Trinajstić information content (AvgIpc) is 2.40. The highest BCUT2D eigenvalue weighted by molar-refractivity contribution is 5.20. The van der Waals surface area contributed by atoms with Gasteiger partial charge in [-0.25, -0.2) is 0 Å². The Kier molecular flexibility index (Phi) is 5.02. The van der Waals surface area contributed by atoms with E-state index in [0.717, 1.165) is 24.9 Å². The lowest BCUT2D eigenvalue weighted by atomic mass is 10.0. The number of hydrogen-bond acceptors (Lipinski definition) is 3. The van der Waals surface area contributed by atoms with Crippen molar-refractivity contribution in [2.24, 2.45) is 0 Å². The Balaban J connectivity index is 1.67. The second-order valence-electron chi connectivity index (χ2n) is 5.18. The summed E-state index contributed by atoms with van der Waals surface area (Å²) < 4.78 is 5.74. The van der Waals surface area contributed by atoms with Crippen molar-refractivity contribution in [2.75, 3.05) is 40.3 Å². The Labute approximate surface area is 110 Å². The van der Waals surface area contributed by atoms with E-state index < -0.39 is 0 Å². The van der Waals surface area contributed by atoms with Crippen LogP contribution in [0.5, 0.6) is 5.75 Å². The van der Waals surface area contributed by atoms with Crippen LogP contribution < -0.4 is 4.74 Å². The van der Waals surface area contributed by atoms with Gasteiger partial charge in [-0.3, -0.25) is 4.90 Å². The van der Waals surface area contributed by atoms with E-state index in [1.54, 1.807) is 0 Å². The van der Waals surface area contributed by atoms with Crippen LogP contribution >= 0.6 is 0 Å². The molecule has 1 aliphatic rings. The SMILES string of the molecule is CN1CCC(N(C)CCOc2ccccc2)CC1. The van der Waals surface area contributed by atoms with Gasteiger partial charge in [0.25, 0.3) is 0 Å². The number of rotatable bonds is 5. The van der Waals surface area contributed by atoms with Crippen LogP contribution in [0.3, 0.4) is 0 Å². The number of para-hydroxylation sites is 1. The van der Waals surface area contributed by atoms with E-state index in [-0.39, 0.29) is 0 Å². The molecule has 3 heteroatoms. The van der Waals surface area contributed by atoms with E-state index in [1.807, 2.05) is 30.3 Å². The first-order chi connectivity index (χ1) is 8.75. The van der Waals surface area contributed by atoms with E-state index >= 15 is 0 Å². The van der Waals surface area contributed by atoms with Crippen LogP contribution in [-0.2, 0) is 0 Å². The zero-order valence-electron chi connectivity index (χ0n) is 11.5. The van der Waals surface area contributed by atoms with Crippen molar-refractivity contribution in [1.29, 1.82) is 0 Å². The third-order valence-electron chi connectivity index (χ3n) is 3.77. The molecule has 1 fully saturated rings. The molecule has 100 valence electrons. The molecular formula is C15H24N2O. The average molecular weight is 248 g/mol. The van der Waals surface area contributed by atoms with E-state index in [0.29, 0.717) is 0 Å². The zero-order chi connectivity index (χ0) is 12.8. The highest BCUT2D eigenvalue weighted by atomic mass is 16.5. The third-order valence-corrected chi connectivity index (χ3v) is 3.77. The van der Waals surface area contributed by atoms with Gasteiger partial charge in [-0.15, -0.1) is 0 Å². The Morgan fingerprint density at radius 2 is 1.89 bits per heavy atom. The summed E-state index contributed by atoms with van der Waals surface area (Å²) in [5, 5.41) is 0. The standard InChI is InChI=1S/C15H24N2O/c1-16-10-8-14(9-11-16)17(2)12-13-18-15-6-4-3-5-7-15/h3-7,14H,8-13H2,1-2H3. The maximum atomic E-state index is 5.74. The first kappa shape index (κ1) is 13.4. The summed E-state index contributed by atoms with van der Waals surface area (Å²) in [7, 11) is 4.42. The highest BCUT2D eigenvalue weighted by Crippen LogP contribution is 2.14. The van der Waals surface area contributed by atoms with Crippen LogP contribution in [0.25, 0.3) is 0 Å². The summed E-state index contributed by atoms with van der Waals surface area (Å²) >= 11 is 0. The summed E-state index contributed by atoms with van der Waals surface area (Å²) in [5.74, 6) is 0.967. The van der Waals surface area contributed by atoms with Crippen molar-refractivity contribution in [2.45, 2.75) is 18.9 Å². The number of piperidine rings is 1. The van der Waals surface area contributed by atoms with Crippen LogP contribution in [-0.4, -0.2) is 56.2 Å². The van der Waals surface area contributed by atoms with Crippen molar-refractivity contribution < 1.29 is 4.74 Å². The fourth-order valence-corrected chi connectivity index (χ4v) is 2.44. The summed E-state index contributed by atoms with van der Waals surface area (Å²) in [6.45, 7) is 4.21. The Hall–Kier alpha value is -1.06. The first-order valence-electron chi connectivity index (χ1n) is 6.82. The molecule has 0 saturated carbocycles. The molecule has 1 aliphatic heterocycles. The maximum Gasteiger partial charge on any atom is 0.119 e. The monoisotopic (exact) mass is 248 g/mol. The van der Waals surface area contributed by atoms with Gasteiger partial charge in [0.15, 0.2) is 0 Å². The number of nitrogens with zero attached hydrogens (tertiary/aromatic N) is 2. The predicted octanol–water partition coefficient (Wildman–Crippen LogP) is 2.09. The smallest absolute Gasteiger partial charge is 0.119 e. The fraction of sp³-hybridized carbons (Fsp3) is 0.600. The minimum atomic E-state index is 0.723. The van der Waals surface area contributed by atoms with Crippen LogP contribution in [0.2, 0.25) is 0 Å².